The minimum atomic E-state index is 0.269. The minimum Gasteiger partial charge on any atom is -0.396 e. The molecule has 2 aliphatic rings. The van der Waals surface area contributed by atoms with Gasteiger partial charge in [0, 0.05) is 31.8 Å². The van der Waals surface area contributed by atoms with Crippen molar-refractivity contribution in [3.8, 4) is 0 Å². The molecule has 98 valence electrons. The summed E-state index contributed by atoms with van der Waals surface area (Å²) in [5.74, 6) is 1.36. The van der Waals surface area contributed by atoms with Crippen molar-refractivity contribution >= 4 is 5.82 Å². The number of anilines is 1. The van der Waals surface area contributed by atoms with Crippen LogP contribution in [-0.2, 0) is 0 Å². The van der Waals surface area contributed by atoms with E-state index >= 15 is 0 Å². The van der Waals surface area contributed by atoms with Gasteiger partial charge >= 0.3 is 0 Å². The average Bonchev–Trinajstić information content (AvgIpc) is 2.79. The summed E-state index contributed by atoms with van der Waals surface area (Å²) >= 11 is 0. The zero-order chi connectivity index (χ0) is 12.4. The van der Waals surface area contributed by atoms with Crippen LogP contribution in [0.2, 0.25) is 0 Å². The Hall–Kier alpha value is -1.20. The quantitative estimate of drug-likeness (QED) is 0.787. The number of nitrogens with one attached hydrogen (secondary N) is 1. The molecule has 0 saturated carbocycles. The van der Waals surface area contributed by atoms with E-state index in [0.29, 0.717) is 5.92 Å². The monoisotopic (exact) mass is 248 g/mol. The highest BCUT2D eigenvalue weighted by molar-refractivity contribution is 5.39. The molecule has 2 N–H and O–H groups in total. The number of hydrogen-bond acceptors (Lipinski definition) is 5. The van der Waals surface area contributed by atoms with Gasteiger partial charge in [-0.3, -0.25) is 0 Å². The number of aliphatic hydroxyl groups is 1. The number of piperidine rings is 1. The van der Waals surface area contributed by atoms with Gasteiger partial charge in [0.1, 0.15) is 12.1 Å². The van der Waals surface area contributed by atoms with Gasteiger partial charge in [0.15, 0.2) is 0 Å². The van der Waals surface area contributed by atoms with Crippen LogP contribution in [0.1, 0.15) is 12.8 Å². The molecule has 0 amide bonds. The van der Waals surface area contributed by atoms with Gasteiger partial charge in [-0.25, -0.2) is 9.97 Å². The Morgan fingerprint density at radius 3 is 2.94 bits per heavy atom. The summed E-state index contributed by atoms with van der Waals surface area (Å²) in [6.45, 7) is 4.33. The van der Waals surface area contributed by atoms with Crippen molar-refractivity contribution in [2.75, 3.05) is 37.7 Å². The number of hydrogen-bond donors (Lipinski definition) is 2. The maximum absolute atomic E-state index is 9.67. The molecule has 1 aromatic rings. The van der Waals surface area contributed by atoms with Gasteiger partial charge in [-0.15, -0.1) is 0 Å². The largest absolute Gasteiger partial charge is 0.396 e. The third-order valence-corrected chi connectivity index (χ3v) is 4.52. The van der Waals surface area contributed by atoms with Gasteiger partial charge < -0.3 is 15.3 Å². The lowest BCUT2D eigenvalue weighted by Gasteiger charge is -2.37. The maximum Gasteiger partial charge on any atom is 0.131 e. The summed E-state index contributed by atoms with van der Waals surface area (Å²) in [6, 6.07) is 1.95. The zero-order valence-corrected chi connectivity index (χ0v) is 10.5. The molecule has 18 heavy (non-hydrogen) atoms. The fraction of sp³-hybridized carbons (Fsp3) is 0.692. The van der Waals surface area contributed by atoms with E-state index in [9.17, 15) is 5.11 Å². The van der Waals surface area contributed by atoms with Crippen LogP contribution in [0.5, 0.6) is 0 Å². The van der Waals surface area contributed by atoms with Crippen LogP contribution in [0, 0.1) is 11.3 Å². The van der Waals surface area contributed by atoms with Crippen molar-refractivity contribution in [3.63, 3.8) is 0 Å². The molecule has 0 aromatic carbocycles. The summed E-state index contributed by atoms with van der Waals surface area (Å²) in [5.41, 5.74) is 0.269. The highest BCUT2D eigenvalue weighted by Gasteiger charge is 2.46. The Labute approximate surface area is 107 Å². The molecular formula is C13H20N4O. The van der Waals surface area contributed by atoms with Crippen molar-refractivity contribution in [1.82, 2.24) is 15.3 Å². The van der Waals surface area contributed by atoms with Crippen LogP contribution in [-0.4, -0.2) is 47.9 Å². The van der Waals surface area contributed by atoms with E-state index < -0.39 is 0 Å². The third-order valence-electron chi connectivity index (χ3n) is 4.52. The predicted octanol–water partition coefficient (Wildman–Crippen LogP) is 0.275. The summed E-state index contributed by atoms with van der Waals surface area (Å²) in [7, 11) is 0. The first kappa shape index (κ1) is 11.9. The maximum atomic E-state index is 9.67. The molecule has 5 heteroatoms. The molecular weight excluding hydrogens is 228 g/mol. The summed E-state index contributed by atoms with van der Waals surface area (Å²) in [4.78, 5) is 10.6. The molecule has 1 spiro atoms. The van der Waals surface area contributed by atoms with Gasteiger partial charge in [-0.05, 0) is 37.4 Å². The number of nitrogens with zero attached hydrogens (tertiary/aromatic N) is 3. The third kappa shape index (κ3) is 1.97. The van der Waals surface area contributed by atoms with E-state index in [1.807, 2.05) is 6.07 Å². The molecule has 5 nitrogen and oxygen atoms in total. The highest BCUT2D eigenvalue weighted by Crippen LogP contribution is 2.43. The lowest BCUT2D eigenvalue weighted by Crippen LogP contribution is -2.43. The summed E-state index contributed by atoms with van der Waals surface area (Å²) < 4.78 is 0. The van der Waals surface area contributed by atoms with E-state index in [1.165, 1.54) is 0 Å². The standard InChI is InChI=1S/C13H20N4O/c18-8-11-7-17(12-1-4-15-10-16-12)9-13(11)2-5-14-6-3-13/h1,4,10-11,14,18H,2-3,5-9H2. The van der Waals surface area contributed by atoms with Gasteiger partial charge in [0.2, 0.25) is 0 Å². The fourth-order valence-corrected chi connectivity index (χ4v) is 3.42. The first-order chi connectivity index (χ1) is 8.84. The van der Waals surface area contributed by atoms with Crippen LogP contribution in [0.25, 0.3) is 0 Å². The van der Waals surface area contributed by atoms with Crippen molar-refractivity contribution in [2.45, 2.75) is 12.8 Å². The SMILES string of the molecule is OCC1CN(c2ccncn2)CC12CCNCC2. The molecule has 2 aliphatic heterocycles. The normalized spacial score (nSPS) is 26.7. The number of aromatic nitrogens is 2. The van der Waals surface area contributed by atoms with Gasteiger partial charge in [-0.2, -0.15) is 0 Å². The lowest BCUT2D eigenvalue weighted by molar-refractivity contribution is 0.1000. The molecule has 2 saturated heterocycles. The smallest absolute Gasteiger partial charge is 0.131 e. The van der Waals surface area contributed by atoms with E-state index in [-0.39, 0.29) is 12.0 Å². The summed E-state index contributed by atoms with van der Waals surface area (Å²) in [6.07, 6.45) is 5.68. The molecule has 1 aromatic heterocycles. The second-order valence-electron chi connectivity index (χ2n) is 5.44. The van der Waals surface area contributed by atoms with Gasteiger partial charge in [0.05, 0.1) is 0 Å². The van der Waals surface area contributed by atoms with Crippen LogP contribution >= 0.6 is 0 Å². The lowest BCUT2D eigenvalue weighted by atomic mass is 9.71. The fourth-order valence-electron chi connectivity index (χ4n) is 3.42. The first-order valence-corrected chi connectivity index (χ1v) is 6.67. The van der Waals surface area contributed by atoms with E-state index in [1.54, 1.807) is 12.5 Å². The minimum absolute atomic E-state index is 0.269. The van der Waals surface area contributed by atoms with Gasteiger partial charge in [-0.1, -0.05) is 0 Å². The molecule has 0 bridgehead atoms. The Morgan fingerprint density at radius 1 is 1.44 bits per heavy atom. The summed E-state index contributed by atoms with van der Waals surface area (Å²) in [5, 5.41) is 13.1. The van der Waals surface area contributed by atoms with Crippen molar-refractivity contribution in [3.05, 3.63) is 18.6 Å². The van der Waals surface area contributed by atoms with Crippen molar-refractivity contribution < 1.29 is 5.11 Å². The Kier molecular flexibility index (Phi) is 3.18. The topological polar surface area (TPSA) is 61.3 Å². The van der Waals surface area contributed by atoms with Crippen molar-refractivity contribution in [2.24, 2.45) is 11.3 Å². The zero-order valence-electron chi connectivity index (χ0n) is 10.5. The number of aliphatic hydroxyl groups excluding tert-OH is 1. The molecule has 1 unspecified atom stereocenters. The van der Waals surface area contributed by atoms with Crippen molar-refractivity contribution in [1.29, 1.82) is 0 Å². The Balaban J connectivity index is 1.81. The van der Waals surface area contributed by atoms with E-state index in [0.717, 1.165) is 44.8 Å². The van der Waals surface area contributed by atoms with E-state index in [2.05, 4.69) is 20.2 Å². The average molecular weight is 248 g/mol. The second kappa shape index (κ2) is 4.82. The molecule has 0 aliphatic carbocycles. The Morgan fingerprint density at radius 2 is 2.28 bits per heavy atom. The van der Waals surface area contributed by atoms with Gasteiger partial charge in [0.25, 0.3) is 0 Å². The number of rotatable bonds is 2. The predicted molar refractivity (Wildman–Crippen MR) is 69.4 cm³/mol. The second-order valence-corrected chi connectivity index (χ2v) is 5.44. The van der Waals surface area contributed by atoms with Crippen LogP contribution in [0.15, 0.2) is 18.6 Å². The molecule has 1 atom stereocenters. The molecule has 3 rings (SSSR count). The first-order valence-electron chi connectivity index (χ1n) is 6.67. The molecule has 0 radical (unpaired) electrons. The molecule has 3 heterocycles. The van der Waals surface area contributed by atoms with Crippen LogP contribution in [0.3, 0.4) is 0 Å². The Bertz CT molecular complexity index is 391. The highest BCUT2D eigenvalue weighted by atomic mass is 16.3. The molecule has 2 fully saturated rings. The van der Waals surface area contributed by atoms with E-state index in [4.69, 9.17) is 0 Å². The van der Waals surface area contributed by atoms with Crippen LogP contribution < -0.4 is 10.2 Å². The van der Waals surface area contributed by atoms with Crippen LogP contribution in [0.4, 0.5) is 5.82 Å².